The van der Waals surface area contributed by atoms with Crippen molar-refractivity contribution in [2.24, 2.45) is 28.9 Å². The number of nitrogens with one attached hydrogen (secondary N) is 1. The van der Waals surface area contributed by atoms with Gasteiger partial charge in [0.1, 0.15) is 11.6 Å². The Morgan fingerprint density at radius 1 is 1.18 bits per heavy atom. The summed E-state index contributed by atoms with van der Waals surface area (Å²) in [6.45, 7) is 6.77. The number of nitriles is 1. The number of piperazine rings is 1. The van der Waals surface area contributed by atoms with Crippen LogP contribution in [0.1, 0.15) is 45.4 Å². The van der Waals surface area contributed by atoms with Crippen molar-refractivity contribution in [2.75, 3.05) is 39.3 Å². The molecule has 1 saturated heterocycles. The molecule has 5 fully saturated rings. The van der Waals surface area contributed by atoms with Crippen molar-refractivity contribution in [1.82, 2.24) is 15.1 Å². The van der Waals surface area contributed by atoms with E-state index >= 15 is 0 Å². The molecule has 1 atom stereocenters. The van der Waals surface area contributed by atoms with Crippen LogP contribution in [0.5, 0.6) is 0 Å². The highest BCUT2D eigenvalue weighted by atomic mass is 16.2. The van der Waals surface area contributed by atoms with E-state index in [4.69, 9.17) is 5.73 Å². The lowest BCUT2D eigenvalue weighted by atomic mass is 9.48. The van der Waals surface area contributed by atoms with Gasteiger partial charge in [0, 0.05) is 51.5 Å². The van der Waals surface area contributed by atoms with Crippen LogP contribution in [0.3, 0.4) is 0 Å². The predicted molar refractivity (Wildman–Crippen MR) is 109 cm³/mol. The Labute approximate surface area is 169 Å². The molecule has 4 bridgehead atoms. The third-order valence-electron chi connectivity index (χ3n) is 7.94. The second-order valence-electron chi connectivity index (χ2n) is 9.76. The van der Waals surface area contributed by atoms with Gasteiger partial charge in [-0.3, -0.25) is 9.69 Å². The van der Waals surface area contributed by atoms with Crippen LogP contribution < -0.4 is 11.1 Å². The molecule has 0 aromatic rings. The Hall–Kier alpha value is -1.58. The zero-order valence-corrected chi connectivity index (χ0v) is 17.2. The molecule has 0 aromatic heterocycles. The van der Waals surface area contributed by atoms with E-state index in [2.05, 4.69) is 23.2 Å². The molecule has 0 spiro atoms. The van der Waals surface area contributed by atoms with Gasteiger partial charge in [0.05, 0.1) is 0 Å². The average Bonchev–Trinajstić information content (AvgIpc) is 2.68. The number of hydrogen-bond donors (Lipinski definition) is 2. The summed E-state index contributed by atoms with van der Waals surface area (Å²) in [4.78, 5) is 16.9. The third-order valence-corrected chi connectivity index (χ3v) is 7.94. The van der Waals surface area contributed by atoms with Crippen molar-refractivity contribution >= 4 is 5.91 Å². The summed E-state index contributed by atoms with van der Waals surface area (Å²) in [6, 6.07) is 2.46. The molecule has 6 heteroatoms. The molecule has 6 nitrogen and oxygen atoms in total. The number of nitrogens with zero attached hydrogens (tertiary/aromatic N) is 3. The molecule has 1 amide bonds. The molecule has 5 aliphatic rings. The minimum absolute atomic E-state index is 0.139. The van der Waals surface area contributed by atoms with Crippen molar-refractivity contribution in [1.29, 1.82) is 5.26 Å². The van der Waals surface area contributed by atoms with Gasteiger partial charge in [-0.15, -0.1) is 0 Å². The van der Waals surface area contributed by atoms with Crippen molar-refractivity contribution < 1.29 is 4.79 Å². The Balaban J connectivity index is 1.36. The maximum atomic E-state index is 12.8. The lowest BCUT2D eigenvalue weighted by molar-refractivity contribution is -0.128. The Kier molecular flexibility index (Phi) is 5.66. The fourth-order valence-corrected chi connectivity index (χ4v) is 6.76. The molecule has 4 saturated carbocycles. The predicted octanol–water partition coefficient (Wildman–Crippen LogP) is 1.69. The minimum Gasteiger partial charge on any atom is -0.387 e. The van der Waals surface area contributed by atoms with Crippen molar-refractivity contribution in [3.05, 3.63) is 11.8 Å². The van der Waals surface area contributed by atoms with Crippen LogP contribution in [0.15, 0.2) is 11.8 Å². The van der Waals surface area contributed by atoms with Gasteiger partial charge in [0.15, 0.2) is 0 Å². The smallest absolute Gasteiger partial charge is 0.266 e. The highest BCUT2D eigenvalue weighted by Gasteiger charge is 2.53. The maximum Gasteiger partial charge on any atom is 0.266 e. The first-order chi connectivity index (χ1) is 13.5. The van der Waals surface area contributed by atoms with E-state index in [9.17, 15) is 10.1 Å². The van der Waals surface area contributed by atoms with E-state index in [0.717, 1.165) is 37.4 Å². The fourth-order valence-electron chi connectivity index (χ4n) is 6.76. The SMILES string of the molecule is CC(N/C=C(/C#N)C(=O)N1CCN(CCN)CC1)C12CC3CC(CC(C3)C1)C2. The lowest BCUT2D eigenvalue weighted by Crippen LogP contribution is -2.54. The van der Waals surface area contributed by atoms with E-state index in [-0.39, 0.29) is 11.5 Å². The quantitative estimate of drug-likeness (QED) is 0.537. The van der Waals surface area contributed by atoms with Crippen LogP contribution in [0.25, 0.3) is 0 Å². The molecule has 28 heavy (non-hydrogen) atoms. The van der Waals surface area contributed by atoms with E-state index < -0.39 is 0 Å². The van der Waals surface area contributed by atoms with Crippen LogP contribution in [0.4, 0.5) is 0 Å². The topological polar surface area (TPSA) is 85.4 Å². The highest BCUT2D eigenvalue weighted by molar-refractivity contribution is 5.97. The molecule has 5 rings (SSSR count). The third kappa shape index (κ3) is 3.79. The van der Waals surface area contributed by atoms with Crippen LogP contribution >= 0.6 is 0 Å². The zero-order chi connectivity index (χ0) is 19.7. The van der Waals surface area contributed by atoms with E-state index in [0.29, 0.717) is 31.1 Å². The van der Waals surface area contributed by atoms with Gasteiger partial charge >= 0.3 is 0 Å². The maximum absolute atomic E-state index is 12.8. The number of carbonyl (C=O) groups excluding carboxylic acids is 1. The van der Waals surface area contributed by atoms with Crippen LogP contribution in [-0.2, 0) is 4.79 Å². The summed E-state index contributed by atoms with van der Waals surface area (Å²) in [6.07, 6.45) is 9.96. The lowest BCUT2D eigenvalue weighted by Gasteiger charge is -2.59. The van der Waals surface area contributed by atoms with E-state index in [1.165, 1.54) is 38.5 Å². The summed E-state index contributed by atoms with van der Waals surface area (Å²) in [7, 11) is 0. The summed E-state index contributed by atoms with van der Waals surface area (Å²) in [5, 5.41) is 13.1. The summed E-state index contributed by atoms with van der Waals surface area (Å²) < 4.78 is 0. The number of carbonyl (C=O) groups is 1. The van der Waals surface area contributed by atoms with Gasteiger partial charge in [-0.05, 0) is 68.6 Å². The second kappa shape index (κ2) is 8.04. The Bertz CT molecular complexity index is 623. The molecular formula is C22H35N5O. The second-order valence-corrected chi connectivity index (χ2v) is 9.76. The van der Waals surface area contributed by atoms with E-state index in [1.54, 1.807) is 11.1 Å². The minimum atomic E-state index is -0.139. The molecular weight excluding hydrogens is 350 g/mol. The van der Waals surface area contributed by atoms with Crippen LogP contribution in [0, 0.1) is 34.5 Å². The Morgan fingerprint density at radius 2 is 1.75 bits per heavy atom. The normalized spacial score (nSPS) is 36.2. The van der Waals surface area contributed by atoms with Gasteiger partial charge in [0.25, 0.3) is 5.91 Å². The van der Waals surface area contributed by atoms with Crippen LogP contribution in [-0.4, -0.2) is 61.0 Å². The number of amides is 1. The van der Waals surface area contributed by atoms with Gasteiger partial charge < -0.3 is 16.0 Å². The highest BCUT2D eigenvalue weighted by Crippen LogP contribution is 2.61. The Morgan fingerprint density at radius 3 is 2.25 bits per heavy atom. The van der Waals surface area contributed by atoms with Crippen LogP contribution in [0.2, 0.25) is 0 Å². The van der Waals surface area contributed by atoms with Crippen molar-refractivity contribution in [2.45, 2.75) is 51.5 Å². The first-order valence-electron chi connectivity index (χ1n) is 11.1. The van der Waals surface area contributed by atoms with Gasteiger partial charge in [-0.25, -0.2) is 0 Å². The first kappa shape index (κ1) is 19.7. The number of hydrogen-bond acceptors (Lipinski definition) is 5. The summed E-state index contributed by atoms with van der Waals surface area (Å²) in [5.41, 5.74) is 6.22. The van der Waals surface area contributed by atoms with Gasteiger partial charge in [-0.2, -0.15) is 5.26 Å². The molecule has 1 heterocycles. The largest absolute Gasteiger partial charge is 0.387 e. The number of nitrogens with two attached hydrogens (primary N) is 1. The average molecular weight is 386 g/mol. The molecule has 154 valence electrons. The molecule has 1 aliphatic heterocycles. The first-order valence-corrected chi connectivity index (χ1v) is 11.1. The zero-order valence-electron chi connectivity index (χ0n) is 17.2. The van der Waals surface area contributed by atoms with Gasteiger partial charge in [-0.1, -0.05) is 0 Å². The molecule has 4 aliphatic carbocycles. The van der Waals surface area contributed by atoms with Crippen molar-refractivity contribution in [3.8, 4) is 6.07 Å². The summed E-state index contributed by atoms with van der Waals surface area (Å²) in [5.74, 6) is 2.57. The monoisotopic (exact) mass is 385 g/mol. The molecule has 0 aromatic carbocycles. The standard InChI is InChI=1S/C22H35N5O/c1-16(22-11-17-8-18(12-22)10-19(9-17)13-22)25-15-20(14-24)21(28)27-6-4-26(3-2-23)5-7-27/h15-19,25H,2-13,23H2,1H3/b20-15-. The fraction of sp³-hybridized carbons (Fsp3) is 0.818. The molecule has 1 unspecified atom stereocenters. The molecule has 0 radical (unpaired) electrons. The summed E-state index contributed by atoms with van der Waals surface area (Å²) >= 11 is 0. The molecule has 3 N–H and O–H groups in total. The number of rotatable bonds is 6. The van der Waals surface area contributed by atoms with E-state index in [1.807, 2.05) is 0 Å². The van der Waals surface area contributed by atoms with Gasteiger partial charge in [0.2, 0.25) is 0 Å². The van der Waals surface area contributed by atoms with Crippen molar-refractivity contribution in [3.63, 3.8) is 0 Å².